The van der Waals surface area contributed by atoms with Crippen LogP contribution in [0.4, 0.5) is 0 Å². The van der Waals surface area contributed by atoms with Crippen LogP contribution < -0.4 is 0 Å². The summed E-state index contributed by atoms with van der Waals surface area (Å²) in [6.45, 7) is 3.66. The Labute approximate surface area is 94.2 Å². The normalized spacial score (nSPS) is 11.3. The fraction of sp³-hybridized carbons (Fsp3) is 0.250. The number of hydrogen-bond acceptors (Lipinski definition) is 4. The summed E-state index contributed by atoms with van der Waals surface area (Å²) < 4.78 is 4.80. The van der Waals surface area contributed by atoms with Gasteiger partial charge in [-0.1, -0.05) is 6.07 Å². The molecule has 1 aromatic rings. The first-order valence-corrected chi connectivity index (χ1v) is 4.89. The smallest absolute Gasteiger partial charge is 0.349 e. The van der Waals surface area contributed by atoms with Gasteiger partial charge in [-0.3, -0.25) is 4.98 Å². The van der Waals surface area contributed by atoms with Crippen molar-refractivity contribution in [3.63, 3.8) is 0 Å². The number of pyridine rings is 1. The Balaban J connectivity index is 3.11. The van der Waals surface area contributed by atoms with E-state index in [1.54, 1.807) is 38.4 Å². The summed E-state index contributed by atoms with van der Waals surface area (Å²) in [4.78, 5) is 15.4. The average molecular weight is 216 g/mol. The van der Waals surface area contributed by atoms with Crippen molar-refractivity contribution in [1.82, 2.24) is 4.98 Å². The molecule has 16 heavy (non-hydrogen) atoms. The van der Waals surface area contributed by atoms with Crippen LogP contribution in [0.25, 0.3) is 5.57 Å². The van der Waals surface area contributed by atoms with Crippen LogP contribution in [0.2, 0.25) is 0 Å². The third kappa shape index (κ3) is 2.67. The predicted molar refractivity (Wildman–Crippen MR) is 59.1 cm³/mol. The maximum atomic E-state index is 11.5. The number of nitrogens with zero attached hydrogens (tertiary/aromatic N) is 2. The van der Waals surface area contributed by atoms with Crippen molar-refractivity contribution in [3.05, 3.63) is 35.7 Å². The van der Waals surface area contributed by atoms with Gasteiger partial charge in [0.25, 0.3) is 0 Å². The quantitative estimate of drug-likeness (QED) is 0.440. The summed E-state index contributed by atoms with van der Waals surface area (Å²) in [5.41, 5.74) is 1.34. The highest BCUT2D eigenvalue weighted by molar-refractivity contribution is 6.01. The minimum absolute atomic E-state index is 0.0230. The fourth-order valence-electron chi connectivity index (χ4n) is 1.21. The molecule has 0 unspecified atom stereocenters. The summed E-state index contributed by atoms with van der Waals surface area (Å²) in [5, 5.41) is 8.93. The molecular formula is C12H12N2O2. The topological polar surface area (TPSA) is 63.0 Å². The van der Waals surface area contributed by atoms with E-state index >= 15 is 0 Å². The summed E-state index contributed by atoms with van der Waals surface area (Å²) in [7, 11) is 0. The number of allylic oxidation sites excluding steroid dienone is 1. The van der Waals surface area contributed by atoms with Gasteiger partial charge in [-0.15, -0.1) is 0 Å². The molecule has 0 aromatic carbocycles. The van der Waals surface area contributed by atoms with Crippen molar-refractivity contribution in [2.45, 2.75) is 13.8 Å². The molecule has 0 N–H and O–H groups in total. The molecule has 82 valence electrons. The number of hydrogen-bond donors (Lipinski definition) is 0. The molecule has 1 aromatic heterocycles. The molecule has 0 saturated heterocycles. The van der Waals surface area contributed by atoms with Gasteiger partial charge in [-0.2, -0.15) is 5.26 Å². The van der Waals surface area contributed by atoms with Crippen LogP contribution in [0, 0.1) is 11.3 Å². The van der Waals surface area contributed by atoms with Crippen LogP contribution >= 0.6 is 0 Å². The molecule has 0 fully saturated rings. The lowest BCUT2D eigenvalue weighted by Crippen LogP contribution is -2.08. The van der Waals surface area contributed by atoms with Gasteiger partial charge >= 0.3 is 5.97 Å². The van der Waals surface area contributed by atoms with Gasteiger partial charge in [-0.25, -0.2) is 4.79 Å². The van der Waals surface area contributed by atoms with E-state index in [2.05, 4.69) is 4.98 Å². The Kier molecular flexibility index (Phi) is 4.22. The second-order valence-corrected chi connectivity index (χ2v) is 3.07. The first-order chi connectivity index (χ1) is 7.70. The highest BCUT2D eigenvalue weighted by atomic mass is 16.5. The van der Waals surface area contributed by atoms with E-state index < -0.39 is 5.97 Å². The number of carbonyl (C=O) groups excluding carboxylic acids is 1. The van der Waals surface area contributed by atoms with E-state index in [0.29, 0.717) is 5.57 Å². The highest BCUT2D eigenvalue weighted by Gasteiger charge is 2.14. The molecule has 0 atom stereocenters. The van der Waals surface area contributed by atoms with Crippen LogP contribution in [0.15, 0.2) is 30.1 Å². The second-order valence-electron chi connectivity index (χ2n) is 3.07. The highest BCUT2D eigenvalue weighted by Crippen LogP contribution is 2.17. The Morgan fingerprint density at radius 3 is 2.88 bits per heavy atom. The average Bonchev–Trinajstić information content (AvgIpc) is 2.31. The zero-order valence-electron chi connectivity index (χ0n) is 9.23. The van der Waals surface area contributed by atoms with Gasteiger partial charge < -0.3 is 4.74 Å². The number of rotatable bonds is 3. The van der Waals surface area contributed by atoms with Crippen LogP contribution in [0.3, 0.4) is 0 Å². The SMILES string of the molecule is CCOC(=O)/C(C#N)=C(\C)c1cccnc1. The molecule has 1 heterocycles. The van der Waals surface area contributed by atoms with Gasteiger partial charge in [-0.05, 0) is 31.1 Å². The molecular weight excluding hydrogens is 204 g/mol. The number of carbonyl (C=O) groups is 1. The van der Waals surface area contributed by atoms with E-state index in [0.717, 1.165) is 5.56 Å². The van der Waals surface area contributed by atoms with Crippen molar-refractivity contribution in [1.29, 1.82) is 5.26 Å². The Bertz CT molecular complexity index is 444. The van der Waals surface area contributed by atoms with E-state index in [1.807, 2.05) is 6.07 Å². The van der Waals surface area contributed by atoms with Crippen LogP contribution in [0.5, 0.6) is 0 Å². The second kappa shape index (κ2) is 5.66. The monoisotopic (exact) mass is 216 g/mol. The van der Waals surface area contributed by atoms with Crippen molar-refractivity contribution in [2.75, 3.05) is 6.61 Å². The Hall–Kier alpha value is -2.15. The number of nitriles is 1. The summed E-state index contributed by atoms with van der Waals surface area (Å²) >= 11 is 0. The largest absolute Gasteiger partial charge is 0.462 e. The predicted octanol–water partition coefficient (Wildman–Crippen LogP) is 1.94. The van der Waals surface area contributed by atoms with Crippen LogP contribution in [-0.4, -0.2) is 17.6 Å². The van der Waals surface area contributed by atoms with Gasteiger partial charge in [0, 0.05) is 12.4 Å². The third-order valence-corrected chi connectivity index (χ3v) is 2.06. The Morgan fingerprint density at radius 2 is 2.38 bits per heavy atom. The van der Waals surface area contributed by atoms with Crippen LogP contribution in [0.1, 0.15) is 19.4 Å². The van der Waals surface area contributed by atoms with Crippen molar-refractivity contribution in [3.8, 4) is 6.07 Å². The zero-order chi connectivity index (χ0) is 12.0. The minimum Gasteiger partial charge on any atom is -0.462 e. The fourth-order valence-corrected chi connectivity index (χ4v) is 1.21. The molecule has 4 nitrogen and oxygen atoms in total. The van der Waals surface area contributed by atoms with Crippen molar-refractivity contribution < 1.29 is 9.53 Å². The summed E-state index contributed by atoms with van der Waals surface area (Å²) in [6, 6.07) is 5.40. The molecule has 4 heteroatoms. The molecule has 0 aliphatic heterocycles. The van der Waals surface area contributed by atoms with E-state index in [1.165, 1.54) is 0 Å². The zero-order valence-corrected chi connectivity index (χ0v) is 9.23. The lowest BCUT2D eigenvalue weighted by Gasteiger charge is -2.04. The molecule has 0 aliphatic rings. The molecule has 0 radical (unpaired) electrons. The molecule has 0 amide bonds. The first kappa shape index (κ1) is 11.9. The maximum absolute atomic E-state index is 11.5. The van der Waals surface area contributed by atoms with Gasteiger partial charge in [0.1, 0.15) is 11.6 Å². The molecule has 0 bridgehead atoms. The maximum Gasteiger partial charge on any atom is 0.349 e. The Morgan fingerprint density at radius 1 is 1.62 bits per heavy atom. The summed E-state index contributed by atoms with van der Waals surface area (Å²) in [6.07, 6.45) is 3.24. The number of esters is 1. The summed E-state index contributed by atoms with van der Waals surface area (Å²) in [5.74, 6) is -0.591. The van der Waals surface area contributed by atoms with Crippen LogP contribution in [-0.2, 0) is 9.53 Å². The van der Waals surface area contributed by atoms with Gasteiger partial charge in [0.15, 0.2) is 0 Å². The van der Waals surface area contributed by atoms with E-state index in [4.69, 9.17) is 10.00 Å². The number of aromatic nitrogens is 1. The number of ether oxygens (including phenoxy) is 1. The first-order valence-electron chi connectivity index (χ1n) is 4.89. The van der Waals surface area contributed by atoms with Gasteiger partial charge in [0.05, 0.1) is 6.61 Å². The standard InChI is InChI=1S/C12H12N2O2/c1-3-16-12(15)11(7-13)9(2)10-5-4-6-14-8-10/h4-6,8H,3H2,1-2H3/b11-9+. The van der Waals surface area contributed by atoms with Gasteiger partial charge in [0.2, 0.25) is 0 Å². The lowest BCUT2D eigenvalue weighted by molar-refractivity contribution is -0.137. The lowest BCUT2D eigenvalue weighted by atomic mass is 10.0. The van der Waals surface area contributed by atoms with Crippen molar-refractivity contribution >= 4 is 11.5 Å². The van der Waals surface area contributed by atoms with E-state index in [-0.39, 0.29) is 12.2 Å². The molecule has 0 aliphatic carbocycles. The minimum atomic E-state index is -0.591. The van der Waals surface area contributed by atoms with Crippen molar-refractivity contribution in [2.24, 2.45) is 0 Å². The molecule has 1 rings (SSSR count). The molecule has 0 spiro atoms. The molecule has 0 saturated carbocycles. The van der Waals surface area contributed by atoms with E-state index in [9.17, 15) is 4.79 Å². The third-order valence-electron chi connectivity index (χ3n) is 2.06.